The van der Waals surface area contributed by atoms with Gasteiger partial charge in [-0.25, -0.2) is 14.2 Å². The molecule has 1 aliphatic heterocycles. The fourth-order valence-corrected chi connectivity index (χ4v) is 3.77. The van der Waals surface area contributed by atoms with Crippen LogP contribution in [-0.4, -0.2) is 58.1 Å². The molecular weight excluding hydrogens is 465 g/mol. The quantitative estimate of drug-likeness (QED) is 0.574. The molecule has 0 aliphatic carbocycles. The molecule has 2 aromatic heterocycles. The lowest BCUT2D eigenvalue weighted by Crippen LogP contribution is -2.45. The van der Waals surface area contributed by atoms with E-state index in [4.69, 9.17) is 16.3 Å². The molecule has 2 atom stereocenters. The average molecular weight is 486 g/mol. The second-order valence-corrected chi connectivity index (χ2v) is 8.07. The van der Waals surface area contributed by atoms with Crippen LogP contribution >= 0.6 is 11.6 Å². The summed E-state index contributed by atoms with van der Waals surface area (Å²) in [5, 5.41) is 5.54. The van der Waals surface area contributed by atoms with Crippen LogP contribution in [0, 0.1) is 5.82 Å². The topological polar surface area (TPSA) is 106 Å². The zero-order valence-electron chi connectivity index (χ0n) is 18.1. The molecule has 4 rings (SSSR count). The Morgan fingerprint density at radius 1 is 1.15 bits per heavy atom. The van der Waals surface area contributed by atoms with Crippen LogP contribution < -0.4 is 10.6 Å². The summed E-state index contributed by atoms with van der Waals surface area (Å²) < 4.78 is 21.4. The lowest BCUT2D eigenvalue weighted by molar-refractivity contribution is -0.119. The molecule has 3 aromatic rings. The zero-order chi connectivity index (χ0) is 24.2. The third-order valence-corrected chi connectivity index (χ3v) is 5.66. The van der Waals surface area contributed by atoms with Gasteiger partial charge in [0, 0.05) is 44.2 Å². The molecule has 1 saturated heterocycles. The number of nitrogens with one attached hydrogen (secondary N) is 2. The molecule has 11 heteroatoms. The second kappa shape index (κ2) is 10.0. The molecule has 0 saturated carbocycles. The number of pyridine rings is 1. The van der Waals surface area contributed by atoms with Crippen LogP contribution in [0.4, 0.5) is 20.7 Å². The normalized spacial score (nSPS) is 17.4. The Hall–Kier alpha value is -3.76. The van der Waals surface area contributed by atoms with Crippen molar-refractivity contribution in [2.24, 2.45) is 0 Å². The second-order valence-electron chi connectivity index (χ2n) is 7.63. The minimum atomic E-state index is -0.905. The molecule has 3 amide bonds. The summed E-state index contributed by atoms with van der Waals surface area (Å²) in [4.78, 5) is 43.5. The number of urea groups is 1. The van der Waals surface area contributed by atoms with E-state index in [0.717, 1.165) is 6.07 Å². The molecule has 0 bridgehead atoms. The fourth-order valence-electron chi connectivity index (χ4n) is 3.66. The minimum absolute atomic E-state index is 0.102. The van der Waals surface area contributed by atoms with Crippen LogP contribution in [0.3, 0.4) is 0 Å². The van der Waals surface area contributed by atoms with E-state index in [-0.39, 0.29) is 36.1 Å². The van der Waals surface area contributed by atoms with Gasteiger partial charge in [-0.3, -0.25) is 19.5 Å². The number of amides is 3. The van der Waals surface area contributed by atoms with Gasteiger partial charge in [-0.2, -0.15) is 0 Å². The molecule has 34 heavy (non-hydrogen) atoms. The van der Waals surface area contributed by atoms with Crippen LogP contribution in [0.2, 0.25) is 5.02 Å². The Morgan fingerprint density at radius 2 is 1.91 bits per heavy atom. The highest BCUT2D eigenvalue weighted by Crippen LogP contribution is 2.24. The summed E-state index contributed by atoms with van der Waals surface area (Å²) in [6.07, 6.45) is 4.36. The Bertz CT molecular complexity index is 1200. The number of hydrogen-bond acceptors (Lipinski definition) is 5. The molecule has 1 aliphatic rings. The van der Waals surface area contributed by atoms with Gasteiger partial charge in [-0.05, 0) is 42.5 Å². The SMILES string of the molecule is CO[C@@H]1C[C@H](C(=O)Nc2ccc(C(=O)n3cccc3)cc2F)N(C(=O)Nc2ccc(Cl)cn2)C1. The number of likely N-dealkylation sites (tertiary alicyclic amines) is 1. The van der Waals surface area contributed by atoms with Crippen LogP contribution in [0.15, 0.2) is 61.1 Å². The number of halogens is 2. The molecular formula is C23H21ClFN5O4. The molecule has 3 heterocycles. The van der Waals surface area contributed by atoms with Crippen molar-refractivity contribution in [2.45, 2.75) is 18.6 Å². The number of ether oxygens (including phenoxy) is 1. The van der Waals surface area contributed by atoms with Gasteiger partial charge in [0.15, 0.2) is 0 Å². The van der Waals surface area contributed by atoms with E-state index in [1.54, 1.807) is 30.6 Å². The molecule has 2 N–H and O–H groups in total. The van der Waals surface area contributed by atoms with Crippen LogP contribution in [0.5, 0.6) is 0 Å². The van der Waals surface area contributed by atoms with Gasteiger partial charge in [-0.15, -0.1) is 0 Å². The van der Waals surface area contributed by atoms with Crippen molar-refractivity contribution in [3.8, 4) is 0 Å². The van der Waals surface area contributed by atoms with Gasteiger partial charge in [0.25, 0.3) is 5.91 Å². The highest BCUT2D eigenvalue weighted by atomic mass is 35.5. The summed E-state index contributed by atoms with van der Waals surface area (Å²) >= 11 is 5.82. The zero-order valence-corrected chi connectivity index (χ0v) is 18.8. The third-order valence-electron chi connectivity index (χ3n) is 5.43. The molecule has 1 fully saturated rings. The van der Waals surface area contributed by atoms with E-state index in [1.165, 1.54) is 41.0 Å². The number of nitrogens with zero attached hydrogens (tertiary/aromatic N) is 3. The fraction of sp³-hybridized carbons (Fsp3) is 0.217. The van der Waals surface area contributed by atoms with Crippen LogP contribution in [-0.2, 0) is 9.53 Å². The summed E-state index contributed by atoms with van der Waals surface area (Å²) in [5.41, 5.74) is 0.0260. The van der Waals surface area contributed by atoms with E-state index >= 15 is 0 Å². The Morgan fingerprint density at radius 3 is 2.56 bits per heavy atom. The van der Waals surface area contributed by atoms with Gasteiger partial charge in [-0.1, -0.05) is 11.6 Å². The smallest absolute Gasteiger partial charge is 0.323 e. The van der Waals surface area contributed by atoms with Gasteiger partial charge < -0.3 is 15.0 Å². The largest absolute Gasteiger partial charge is 0.380 e. The number of hydrogen-bond donors (Lipinski definition) is 2. The van der Waals surface area contributed by atoms with Gasteiger partial charge in [0.1, 0.15) is 17.7 Å². The molecule has 1 aromatic carbocycles. The number of rotatable bonds is 5. The first-order valence-electron chi connectivity index (χ1n) is 10.4. The molecule has 0 unspecified atom stereocenters. The lowest BCUT2D eigenvalue weighted by Gasteiger charge is -2.24. The number of carbonyl (C=O) groups excluding carboxylic acids is 3. The maximum Gasteiger partial charge on any atom is 0.323 e. The molecule has 0 radical (unpaired) electrons. The van der Waals surface area contributed by atoms with E-state index in [2.05, 4.69) is 15.6 Å². The lowest BCUT2D eigenvalue weighted by atomic mass is 10.1. The first-order valence-corrected chi connectivity index (χ1v) is 10.7. The van der Waals surface area contributed by atoms with Crippen molar-refractivity contribution in [1.82, 2.24) is 14.5 Å². The van der Waals surface area contributed by atoms with Gasteiger partial charge in [0.2, 0.25) is 5.91 Å². The van der Waals surface area contributed by atoms with Crippen molar-refractivity contribution in [1.29, 1.82) is 0 Å². The Balaban J connectivity index is 1.47. The van der Waals surface area contributed by atoms with E-state index in [0.29, 0.717) is 5.02 Å². The number of benzene rings is 1. The van der Waals surface area contributed by atoms with Crippen molar-refractivity contribution in [2.75, 3.05) is 24.3 Å². The highest BCUT2D eigenvalue weighted by Gasteiger charge is 2.40. The van der Waals surface area contributed by atoms with Crippen LogP contribution in [0.1, 0.15) is 16.8 Å². The standard InChI is InChI=1S/C23H21ClFN5O4/c1-34-16-11-19(30(13-16)23(33)28-20-7-5-15(24)12-26-20)21(31)27-18-6-4-14(10-17(18)25)22(32)29-8-2-3-9-29/h2-10,12,16,19H,11,13H2,1H3,(H,27,31)(H,26,28,33)/t16-,19-/m1/s1. The maximum atomic E-state index is 14.7. The van der Waals surface area contributed by atoms with Crippen LogP contribution in [0.25, 0.3) is 0 Å². The maximum absolute atomic E-state index is 14.7. The predicted molar refractivity (Wildman–Crippen MR) is 123 cm³/mol. The van der Waals surface area contributed by atoms with E-state index in [1.807, 2.05) is 0 Å². The first kappa shape index (κ1) is 23.4. The van der Waals surface area contributed by atoms with E-state index < -0.39 is 29.7 Å². The van der Waals surface area contributed by atoms with Gasteiger partial charge in [0.05, 0.1) is 16.8 Å². The monoisotopic (exact) mass is 485 g/mol. The minimum Gasteiger partial charge on any atom is -0.380 e. The summed E-state index contributed by atoms with van der Waals surface area (Å²) in [7, 11) is 1.49. The summed E-state index contributed by atoms with van der Waals surface area (Å²) in [5.74, 6) is -1.49. The van der Waals surface area contributed by atoms with Crippen molar-refractivity contribution in [3.63, 3.8) is 0 Å². The molecule has 9 nitrogen and oxygen atoms in total. The number of methoxy groups -OCH3 is 1. The summed E-state index contributed by atoms with van der Waals surface area (Å²) in [6, 6.07) is 8.81. The van der Waals surface area contributed by atoms with Crippen molar-refractivity contribution < 1.29 is 23.5 Å². The number of aromatic nitrogens is 2. The number of carbonyl (C=O) groups is 3. The molecule has 0 spiro atoms. The first-order chi connectivity index (χ1) is 16.4. The molecule has 176 valence electrons. The van der Waals surface area contributed by atoms with E-state index in [9.17, 15) is 18.8 Å². The van der Waals surface area contributed by atoms with Crippen molar-refractivity contribution >= 4 is 41.0 Å². The highest BCUT2D eigenvalue weighted by molar-refractivity contribution is 6.30. The Kier molecular flexibility index (Phi) is 6.90. The van der Waals surface area contributed by atoms with Gasteiger partial charge >= 0.3 is 6.03 Å². The average Bonchev–Trinajstić information content (AvgIpc) is 3.52. The third kappa shape index (κ3) is 5.08. The van der Waals surface area contributed by atoms with Crippen molar-refractivity contribution in [3.05, 3.63) is 77.5 Å². The Labute approximate surface area is 199 Å². The summed E-state index contributed by atoms with van der Waals surface area (Å²) in [6.45, 7) is 0.167. The number of anilines is 2. The predicted octanol–water partition coefficient (Wildman–Crippen LogP) is 3.62.